The van der Waals surface area contributed by atoms with Crippen molar-refractivity contribution in [2.24, 2.45) is 0 Å². The maximum absolute atomic E-state index is 8.50. The van der Waals surface area contributed by atoms with Gasteiger partial charge in [0, 0.05) is 0 Å². The molecule has 0 aromatic heterocycles. The minimum atomic E-state index is -2.03. The van der Waals surface area contributed by atoms with E-state index in [0.29, 0.717) is 0 Å². The van der Waals surface area contributed by atoms with Crippen molar-refractivity contribution in [3.05, 3.63) is 0 Å². The Labute approximate surface area is 148 Å². The summed E-state index contributed by atoms with van der Waals surface area (Å²) in [5.41, 5.74) is 0. The van der Waals surface area contributed by atoms with E-state index in [-0.39, 0.29) is 9.41 Å². The normalized spacial score (nSPS) is 10.1. The van der Waals surface area contributed by atoms with Gasteiger partial charge in [0.25, 0.3) is 0 Å². The van der Waals surface area contributed by atoms with E-state index in [1.54, 1.807) is 0 Å². The Morgan fingerprint density at radius 2 is 0.895 bits per heavy atom. The average molecular weight is 427 g/mol. The van der Waals surface area contributed by atoms with Crippen LogP contribution in [0.3, 0.4) is 0 Å². The van der Waals surface area contributed by atoms with Crippen molar-refractivity contribution in [3.63, 3.8) is 0 Å². The van der Waals surface area contributed by atoms with Gasteiger partial charge in [-0.15, -0.1) is 0 Å². The van der Waals surface area contributed by atoms with Gasteiger partial charge in [-0.05, 0) is 26.2 Å². The fraction of sp³-hybridized carbons (Fsp3) is 1.00. The first kappa shape index (κ1) is 25.6. The van der Waals surface area contributed by atoms with E-state index in [2.05, 4.69) is 27.7 Å². The molecule has 4 nitrogen and oxygen atoms in total. The van der Waals surface area contributed by atoms with Gasteiger partial charge in [0.05, 0.1) is 0 Å². The molecule has 0 aliphatic rings. The molecule has 0 fully saturated rings. The van der Waals surface area contributed by atoms with Crippen molar-refractivity contribution >= 4 is 50.5 Å². The second-order valence-electron chi connectivity index (χ2n) is 3.12. The molecule has 0 bridgehead atoms. The van der Waals surface area contributed by atoms with Crippen LogP contribution in [0.15, 0.2) is 0 Å². The van der Waals surface area contributed by atoms with Crippen LogP contribution < -0.4 is 0 Å². The Morgan fingerprint density at radius 3 is 0.895 bits per heavy atom. The Balaban J connectivity index is -0.000000224. The molecule has 19 heavy (non-hydrogen) atoms. The van der Waals surface area contributed by atoms with Crippen molar-refractivity contribution in [2.45, 2.75) is 37.1 Å². The van der Waals surface area contributed by atoms with Crippen molar-refractivity contribution in [3.8, 4) is 0 Å². The van der Waals surface area contributed by atoms with Crippen LogP contribution in [0.5, 0.6) is 0 Å². The third kappa shape index (κ3) is 19.6. The predicted octanol–water partition coefficient (Wildman–Crippen LogP) is 1.17. The molecule has 0 aliphatic carbocycles. The number of hydrogen-bond donors (Lipinski definition) is 0. The quantitative estimate of drug-likeness (QED) is 0.463. The van der Waals surface area contributed by atoms with Gasteiger partial charge in [0.1, 0.15) is 0 Å². The molecule has 118 valence electrons. The van der Waals surface area contributed by atoms with Crippen LogP contribution in [0.1, 0.15) is 27.7 Å². The summed E-state index contributed by atoms with van der Waals surface area (Å²) in [7, 11) is 0. The van der Waals surface area contributed by atoms with E-state index < -0.39 is 18.5 Å². The molecule has 0 amide bonds. The zero-order valence-electron chi connectivity index (χ0n) is 11.7. The molecule has 0 heterocycles. The molecule has 0 unspecified atom stereocenters. The first-order valence-corrected chi connectivity index (χ1v) is 9.41. The molecule has 0 N–H and O–H groups in total. The van der Waals surface area contributed by atoms with Crippen LogP contribution in [0.2, 0.25) is 0 Å². The summed E-state index contributed by atoms with van der Waals surface area (Å²) < 4.78 is 16.8. The van der Waals surface area contributed by atoms with E-state index in [0.717, 1.165) is 26.2 Å². The molecule has 9 heteroatoms. The van der Waals surface area contributed by atoms with Crippen LogP contribution in [0, 0.1) is 0 Å². The molecule has 0 radical (unpaired) electrons. The van der Waals surface area contributed by atoms with E-state index >= 15 is 0 Å². The van der Waals surface area contributed by atoms with Crippen molar-refractivity contribution < 1.29 is 25.3 Å². The van der Waals surface area contributed by atoms with Crippen LogP contribution in [-0.2, 0) is 75.8 Å². The molecule has 0 rings (SSSR count). The summed E-state index contributed by atoms with van der Waals surface area (Å²) in [4.78, 5) is 4.09. The van der Waals surface area contributed by atoms with Gasteiger partial charge in [-0.25, -0.2) is 9.41 Å². The summed E-state index contributed by atoms with van der Waals surface area (Å²) in [6.45, 7) is 12.1. The van der Waals surface area contributed by atoms with E-state index in [1.807, 2.05) is 9.80 Å². The van der Waals surface area contributed by atoms with Gasteiger partial charge >= 0.3 is 25.3 Å². The fourth-order valence-electron chi connectivity index (χ4n) is 1.04. The second kappa shape index (κ2) is 19.6. The maximum atomic E-state index is 8.50. The predicted molar refractivity (Wildman–Crippen MR) is 84.3 cm³/mol. The van der Waals surface area contributed by atoms with Crippen molar-refractivity contribution in [1.82, 2.24) is 9.80 Å². The van der Waals surface area contributed by atoms with Gasteiger partial charge in [-0.3, -0.25) is 0 Å². The SMILES string of the molecule is CCN(CC)C([S-])[S-].CCN(CC)C([S-])[S-].[O]=[Mo]=[O]. The van der Waals surface area contributed by atoms with Crippen LogP contribution >= 0.6 is 0 Å². The van der Waals surface area contributed by atoms with Crippen molar-refractivity contribution in [1.29, 1.82) is 0 Å². The zero-order valence-corrected chi connectivity index (χ0v) is 17.0. The second-order valence-corrected chi connectivity index (χ2v) is 5.84. The fourth-order valence-corrected chi connectivity index (χ4v) is 2.24. The molecular formula is C10H22MoN2O2S4-4. The van der Waals surface area contributed by atoms with E-state index in [9.17, 15) is 0 Å². The summed E-state index contributed by atoms with van der Waals surface area (Å²) in [5, 5.41) is 0. The summed E-state index contributed by atoms with van der Waals surface area (Å²) in [6.07, 6.45) is 0. The first-order chi connectivity index (χ1) is 8.85. The summed E-state index contributed by atoms with van der Waals surface area (Å²) in [5.74, 6) is 0. The topological polar surface area (TPSA) is 40.6 Å². The molecule has 0 spiro atoms. The number of rotatable bonds is 6. The third-order valence-corrected chi connectivity index (χ3v) is 3.41. The van der Waals surface area contributed by atoms with Crippen molar-refractivity contribution in [2.75, 3.05) is 26.2 Å². The van der Waals surface area contributed by atoms with Gasteiger partial charge in [-0.2, -0.15) is 0 Å². The molecule has 0 aromatic rings. The molecule has 0 atom stereocenters. The Morgan fingerprint density at radius 1 is 0.737 bits per heavy atom. The van der Waals surface area contributed by atoms with Gasteiger partial charge in [0.2, 0.25) is 0 Å². The molecule has 0 aromatic carbocycles. The minimum absolute atomic E-state index is 0.120. The Bertz CT molecular complexity index is 194. The number of nitrogens with zero attached hydrogens (tertiary/aromatic N) is 2. The van der Waals surface area contributed by atoms with Gasteiger partial charge in [-0.1, -0.05) is 27.7 Å². The standard InChI is InChI=1S/2C5H13NS2.Mo.2O/c2*1-3-6(4-2)5(7)8;;;/h2*5,7-8H,3-4H2,1-2H3;;;/p-4. The molecule has 0 aliphatic heterocycles. The third-order valence-electron chi connectivity index (χ3n) is 2.22. The average Bonchev–Trinajstić information content (AvgIpc) is 2.33. The van der Waals surface area contributed by atoms with Crippen LogP contribution in [0.25, 0.3) is 0 Å². The zero-order chi connectivity index (χ0) is 15.8. The monoisotopic (exact) mass is 428 g/mol. The first-order valence-electron chi connectivity index (χ1n) is 5.89. The van der Waals surface area contributed by atoms with E-state index in [4.69, 9.17) is 57.3 Å². The van der Waals surface area contributed by atoms with Crippen LogP contribution in [-0.4, -0.2) is 45.4 Å². The Hall–Kier alpha value is 1.61. The molecule has 0 saturated carbocycles. The Kier molecular flexibility index (Phi) is 26.4. The molecular weight excluding hydrogens is 404 g/mol. The van der Waals surface area contributed by atoms with Gasteiger partial charge in [0.15, 0.2) is 0 Å². The molecule has 0 saturated heterocycles. The van der Waals surface area contributed by atoms with E-state index in [1.165, 1.54) is 0 Å². The summed E-state index contributed by atoms with van der Waals surface area (Å²) >= 11 is 17.3. The van der Waals surface area contributed by atoms with Crippen LogP contribution in [0.4, 0.5) is 0 Å². The number of hydrogen-bond acceptors (Lipinski definition) is 8. The summed E-state index contributed by atoms with van der Waals surface area (Å²) in [6, 6.07) is 0. The van der Waals surface area contributed by atoms with Gasteiger partial charge < -0.3 is 60.3 Å².